The van der Waals surface area contributed by atoms with E-state index in [4.69, 9.17) is 14.7 Å². The zero-order valence-corrected chi connectivity index (χ0v) is 16.4. The van der Waals surface area contributed by atoms with Gasteiger partial charge in [-0.3, -0.25) is 9.80 Å². The van der Waals surface area contributed by atoms with E-state index in [9.17, 15) is 0 Å². The first-order valence-corrected chi connectivity index (χ1v) is 9.88. The van der Waals surface area contributed by atoms with Crippen LogP contribution in [0.3, 0.4) is 0 Å². The highest BCUT2D eigenvalue weighted by Gasteiger charge is 2.17. The number of benzene rings is 1. The Morgan fingerprint density at radius 1 is 1.04 bits per heavy atom. The van der Waals surface area contributed by atoms with Gasteiger partial charge in [0.25, 0.3) is 0 Å². The quantitative estimate of drug-likeness (QED) is 0.564. The maximum Gasteiger partial charge on any atom is 0.161 e. The number of nitriles is 1. The summed E-state index contributed by atoms with van der Waals surface area (Å²) in [5.41, 5.74) is 1.26. The zero-order valence-electron chi connectivity index (χ0n) is 16.4. The molecule has 1 aliphatic heterocycles. The molecule has 1 aromatic carbocycles. The number of methoxy groups -OCH3 is 1. The number of piperazine rings is 1. The van der Waals surface area contributed by atoms with Crippen molar-refractivity contribution in [3.8, 4) is 17.6 Å². The molecule has 5 nitrogen and oxygen atoms in total. The summed E-state index contributed by atoms with van der Waals surface area (Å²) < 4.78 is 11.4. The van der Waals surface area contributed by atoms with Crippen LogP contribution in [0.2, 0.25) is 0 Å². The number of rotatable bonds is 11. The van der Waals surface area contributed by atoms with E-state index in [0.29, 0.717) is 6.42 Å². The molecule has 1 fully saturated rings. The third kappa shape index (κ3) is 6.86. The minimum Gasteiger partial charge on any atom is -0.493 e. The van der Waals surface area contributed by atoms with Crippen LogP contribution in [0.1, 0.15) is 44.6 Å². The second-order valence-corrected chi connectivity index (χ2v) is 6.92. The molecule has 0 aromatic heterocycles. The fourth-order valence-electron chi connectivity index (χ4n) is 3.28. The Balaban J connectivity index is 1.80. The summed E-state index contributed by atoms with van der Waals surface area (Å²) in [6.45, 7) is 8.96. The molecule has 1 heterocycles. The van der Waals surface area contributed by atoms with Gasteiger partial charge in [0.2, 0.25) is 0 Å². The molecule has 0 amide bonds. The first-order valence-electron chi connectivity index (χ1n) is 9.88. The lowest BCUT2D eigenvalue weighted by molar-refractivity contribution is 0.129. The summed E-state index contributed by atoms with van der Waals surface area (Å²) in [6, 6.07) is 8.51. The molecule has 0 saturated carbocycles. The third-order valence-electron chi connectivity index (χ3n) is 4.89. The van der Waals surface area contributed by atoms with Crippen molar-refractivity contribution in [3.63, 3.8) is 0 Å². The van der Waals surface area contributed by atoms with Gasteiger partial charge in [0.15, 0.2) is 11.5 Å². The molecule has 1 saturated heterocycles. The third-order valence-corrected chi connectivity index (χ3v) is 4.89. The fraction of sp³-hybridized carbons (Fsp3) is 0.667. The minimum atomic E-state index is 0.622. The Morgan fingerprint density at radius 3 is 2.50 bits per heavy atom. The number of hydrogen-bond donors (Lipinski definition) is 0. The van der Waals surface area contributed by atoms with Crippen LogP contribution in [-0.2, 0) is 6.54 Å². The maximum absolute atomic E-state index is 8.70. The van der Waals surface area contributed by atoms with Gasteiger partial charge in [-0.1, -0.05) is 32.3 Å². The normalized spacial score (nSPS) is 15.6. The van der Waals surface area contributed by atoms with E-state index in [1.54, 1.807) is 7.11 Å². The zero-order chi connectivity index (χ0) is 18.6. The second-order valence-electron chi connectivity index (χ2n) is 6.92. The smallest absolute Gasteiger partial charge is 0.161 e. The number of hydrogen-bond acceptors (Lipinski definition) is 5. The number of ether oxygens (including phenoxy) is 2. The molecular formula is C21H33N3O2. The van der Waals surface area contributed by atoms with Crippen molar-refractivity contribution in [1.82, 2.24) is 9.80 Å². The maximum atomic E-state index is 8.70. The number of unbranched alkanes of at least 4 members (excludes halogenated alkanes) is 3. The van der Waals surface area contributed by atoms with E-state index < -0.39 is 0 Å². The molecular weight excluding hydrogens is 326 g/mol. The molecule has 0 atom stereocenters. The summed E-state index contributed by atoms with van der Waals surface area (Å²) in [5, 5.41) is 8.70. The average molecular weight is 360 g/mol. The predicted octanol–water partition coefficient (Wildman–Crippen LogP) is 3.69. The van der Waals surface area contributed by atoms with E-state index in [-0.39, 0.29) is 0 Å². The van der Waals surface area contributed by atoms with Crippen LogP contribution in [0, 0.1) is 11.3 Å². The molecule has 0 unspecified atom stereocenters. The minimum absolute atomic E-state index is 0.622. The average Bonchev–Trinajstić information content (AvgIpc) is 2.68. The highest BCUT2D eigenvalue weighted by molar-refractivity contribution is 5.43. The molecule has 1 aromatic rings. The Morgan fingerprint density at radius 2 is 1.81 bits per heavy atom. The van der Waals surface area contributed by atoms with Gasteiger partial charge in [-0.15, -0.1) is 0 Å². The molecule has 1 aliphatic rings. The molecule has 5 heteroatoms. The van der Waals surface area contributed by atoms with Crippen molar-refractivity contribution in [2.24, 2.45) is 0 Å². The van der Waals surface area contributed by atoms with E-state index in [1.165, 1.54) is 24.8 Å². The molecule has 0 N–H and O–H groups in total. The van der Waals surface area contributed by atoms with Gasteiger partial charge in [-0.25, -0.2) is 0 Å². The monoisotopic (exact) mass is 359 g/mol. The van der Waals surface area contributed by atoms with Gasteiger partial charge >= 0.3 is 0 Å². The number of nitrogens with zero attached hydrogens (tertiary/aromatic N) is 3. The fourth-order valence-corrected chi connectivity index (χ4v) is 3.28. The van der Waals surface area contributed by atoms with Crippen LogP contribution in [-0.4, -0.2) is 56.2 Å². The topological polar surface area (TPSA) is 48.7 Å². The highest BCUT2D eigenvalue weighted by atomic mass is 16.5. The summed E-state index contributed by atoms with van der Waals surface area (Å²) in [4.78, 5) is 4.83. The largest absolute Gasteiger partial charge is 0.493 e. The van der Waals surface area contributed by atoms with Crippen molar-refractivity contribution in [3.05, 3.63) is 23.8 Å². The van der Waals surface area contributed by atoms with Crippen molar-refractivity contribution in [1.29, 1.82) is 5.26 Å². The van der Waals surface area contributed by atoms with E-state index in [2.05, 4.69) is 34.9 Å². The van der Waals surface area contributed by atoms with Gasteiger partial charge in [0.05, 0.1) is 19.8 Å². The Kier molecular flexibility index (Phi) is 9.30. The summed E-state index contributed by atoms with van der Waals surface area (Å²) >= 11 is 0. The van der Waals surface area contributed by atoms with Gasteiger partial charge in [0, 0.05) is 45.7 Å². The van der Waals surface area contributed by atoms with Gasteiger partial charge in [-0.05, 0) is 24.1 Å². The van der Waals surface area contributed by atoms with Crippen molar-refractivity contribution in [2.45, 2.75) is 45.6 Å². The predicted molar refractivity (Wildman–Crippen MR) is 105 cm³/mol. The standard InChI is InChI=1S/C21H33N3O2/c1-3-4-5-6-16-26-20-9-8-19(17-21(20)25-2)18-24-14-12-23(13-15-24)11-7-10-22/h8-9,17H,3-7,11-16,18H2,1-2H3. The summed E-state index contributed by atoms with van der Waals surface area (Å²) in [7, 11) is 1.71. The Bertz CT molecular complexity index is 563. The molecule has 0 aliphatic carbocycles. The molecule has 0 bridgehead atoms. The molecule has 26 heavy (non-hydrogen) atoms. The molecule has 0 spiro atoms. The van der Waals surface area contributed by atoms with Crippen LogP contribution >= 0.6 is 0 Å². The first-order chi connectivity index (χ1) is 12.8. The van der Waals surface area contributed by atoms with Crippen LogP contribution in [0.4, 0.5) is 0 Å². The summed E-state index contributed by atoms with van der Waals surface area (Å²) in [5.74, 6) is 1.67. The molecule has 0 radical (unpaired) electrons. The lowest BCUT2D eigenvalue weighted by Crippen LogP contribution is -2.46. The van der Waals surface area contributed by atoms with Crippen LogP contribution in [0.15, 0.2) is 18.2 Å². The second kappa shape index (κ2) is 11.8. The van der Waals surface area contributed by atoms with E-state index >= 15 is 0 Å². The molecule has 2 rings (SSSR count). The van der Waals surface area contributed by atoms with Crippen LogP contribution in [0.25, 0.3) is 0 Å². The van der Waals surface area contributed by atoms with Gasteiger partial charge in [0.1, 0.15) is 0 Å². The van der Waals surface area contributed by atoms with Crippen LogP contribution in [0.5, 0.6) is 11.5 Å². The lowest BCUT2D eigenvalue weighted by atomic mass is 10.1. The van der Waals surface area contributed by atoms with Crippen molar-refractivity contribution in [2.75, 3.05) is 46.4 Å². The first kappa shape index (κ1) is 20.5. The van der Waals surface area contributed by atoms with E-state index in [0.717, 1.165) is 63.8 Å². The Hall–Kier alpha value is -1.77. The van der Waals surface area contributed by atoms with Crippen molar-refractivity contribution < 1.29 is 9.47 Å². The summed E-state index contributed by atoms with van der Waals surface area (Å²) in [6.07, 6.45) is 5.44. The highest BCUT2D eigenvalue weighted by Crippen LogP contribution is 2.29. The SMILES string of the molecule is CCCCCCOc1ccc(CN2CCN(CCC#N)CC2)cc1OC. The van der Waals surface area contributed by atoms with E-state index in [1.807, 2.05) is 6.07 Å². The van der Waals surface area contributed by atoms with Gasteiger partial charge in [-0.2, -0.15) is 5.26 Å². The van der Waals surface area contributed by atoms with Crippen molar-refractivity contribution >= 4 is 0 Å². The molecule has 144 valence electrons. The Labute approximate surface area is 158 Å². The van der Waals surface area contributed by atoms with Crippen LogP contribution < -0.4 is 9.47 Å². The lowest BCUT2D eigenvalue weighted by Gasteiger charge is -2.34. The van der Waals surface area contributed by atoms with Gasteiger partial charge < -0.3 is 9.47 Å².